The summed E-state index contributed by atoms with van der Waals surface area (Å²) in [5.41, 5.74) is 0.763. The Labute approximate surface area is 185 Å². The Hall–Kier alpha value is -2.76. The Morgan fingerprint density at radius 3 is 2.50 bits per heavy atom. The van der Waals surface area contributed by atoms with Crippen molar-refractivity contribution in [2.45, 2.75) is 19.5 Å². The van der Waals surface area contributed by atoms with Crippen molar-refractivity contribution < 1.29 is 14.3 Å². The van der Waals surface area contributed by atoms with E-state index in [4.69, 9.17) is 27.9 Å². The highest BCUT2D eigenvalue weighted by molar-refractivity contribution is 6.42. The molecule has 0 spiro atoms. The summed E-state index contributed by atoms with van der Waals surface area (Å²) in [6.07, 6.45) is 0. The minimum Gasteiger partial charge on any atom is -0.483 e. The maximum absolute atomic E-state index is 13.0. The van der Waals surface area contributed by atoms with Crippen LogP contribution < -0.4 is 10.1 Å². The van der Waals surface area contributed by atoms with E-state index in [0.29, 0.717) is 15.8 Å². The average Bonchev–Trinajstić information content (AvgIpc) is 2.77. The molecule has 156 valence electrons. The lowest BCUT2D eigenvalue weighted by Gasteiger charge is -2.28. The molecule has 0 aliphatic rings. The summed E-state index contributed by atoms with van der Waals surface area (Å²) in [7, 11) is 1.53. The normalized spacial score (nSPS) is 11.7. The lowest BCUT2D eigenvalue weighted by molar-refractivity contribution is -0.142. The molecule has 1 N–H and O–H groups in total. The van der Waals surface area contributed by atoms with Crippen LogP contribution in [0.15, 0.2) is 60.7 Å². The third-order valence-electron chi connectivity index (χ3n) is 4.85. The molecule has 0 bridgehead atoms. The number of fused-ring (bicyclic) bond motifs is 1. The van der Waals surface area contributed by atoms with Crippen LogP contribution in [0.4, 0.5) is 0 Å². The van der Waals surface area contributed by atoms with Gasteiger partial charge in [-0.3, -0.25) is 9.59 Å². The average molecular weight is 445 g/mol. The van der Waals surface area contributed by atoms with Crippen LogP contribution in [0.25, 0.3) is 10.8 Å². The summed E-state index contributed by atoms with van der Waals surface area (Å²) in [4.78, 5) is 26.7. The fourth-order valence-electron chi connectivity index (χ4n) is 3.17. The van der Waals surface area contributed by atoms with E-state index >= 15 is 0 Å². The fourth-order valence-corrected chi connectivity index (χ4v) is 3.49. The summed E-state index contributed by atoms with van der Waals surface area (Å²) in [6, 6.07) is 17.9. The molecular weight excluding hydrogens is 423 g/mol. The minimum atomic E-state index is -0.687. The molecule has 3 aromatic carbocycles. The van der Waals surface area contributed by atoms with Crippen LogP contribution in [0.3, 0.4) is 0 Å². The van der Waals surface area contributed by atoms with E-state index < -0.39 is 6.04 Å². The molecule has 0 aliphatic heterocycles. The van der Waals surface area contributed by atoms with Crippen molar-refractivity contribution in [1.29, 1.82) is 0 Å². The number of rotatable bonds is 7. The van der Waals surface area contributed by atoms with Gasteiger partial charge in [0.05, 0.1) is 10.0 Å². The molecular formula is C23H22Cl2N2O3. The van der Waals surface area contributed by atoms with Crippen molar-refractivity contribution in [1.82, 2.24) is 10.2 Å². The van der Waals surface area contributed by atoms with E-state index in [-0.39, 0.29) is 25.0 Å². The molecule has 0 saturated carbocycles. The van der Waals surface area contributed by atoms with Crippen molar-refractivity contribution in [3.8, 4) is 5.75 Å². The number of nitrogens with one attached hydrogen (secondary N) is 1. The molecule has 7 heteroatoms. The molecule has 0 radical (unpaired) electrons. The van der Waals surface area contributed by atoms with Gasteiger partial charge < -0.3 is 15.0 Å². The van der Waals surface area contributed by atoms with Crippen LogP contribution in [-0.4, -0.2) is 36.4 Å². The number of hydrogen-bond donors (Lipinski definition) is 1. The van der Waals surface area contributed by atoms with Gasteiger partial charge in [0, 0.05) is 19.0 Å². The van der Waals surface area contributed by atoms with Gasteiger partial charge in [-0.05, 0) is 36.1 Å². The van der Waals surface area contributed by atoms with Gasteiger partial charge in [0.1, 0.15) is 11.8 Å². The third kappa shape index (κ3) is 5.04. The highest BCUT2D eigenvalue weighted by Crippen LogP contribution is 2.26. The zero-order valence-electron chi connectivity index (χ0n) is 16.7. The monoisotopic (exact) mass is 444 g/mol. The highest BCUT2D eigenvalue weighted by atomic mass is 35.5. The zero-order chi connectivity index (χ0) is 21.7. The third-order valence-corrected chi connectivity index (χ3v) is 5.59. The van der Waals surface area contributed by atoms with Crippen molar-refractivity contribution >= 4 is 45.8 Å². The topological polar surface area (TPSA) is 58.6 Å². The summed E-state index contributed by atoms with van der Waals surface area (Å²) in [5.74, 6) is 0.0298. The Morgan fingerprint density at radius 2 is 1.77 bits per heavy atom. The number of carbonyl (C=O) groups is 2. The largest absolute Gasteiger partial charge is 0.483 e. The van der Waals surface area contributed by atoms with Crippen molar-refractivity contribution in [3.63, 3.8) is 0 Å². The smallest absolute Gasteiger partial charge is 0.261 e. The molecule has 5 nitrogen and oxygen atoms in total. The van der Waals surface area contributed by atoms with E-state index in [9.17, 15) is 9.59 Å². The summed E-state index contributed by atoms with van der Waals surface area (Å²) in [6.45, 7) is 1.67. The maximum Gasteiger partial charge on any atom is 0.261 e. The van der Waals surface area contributed by atoms with Gasteiger partial charge in [0.15, 0.2) is 6.61 Å². The maximum atomic E-state index is 13.0. The molecule has 2 amide bonds. The van der Waals surface area contributed by atoms with Gasteiger partial charge in [0.25, 0.3) is 5.91 Å². The van der Waals surface area contributed by atoms with Gasteiger partial charge >= 0.3 is 0 Å². The lowest BCUT2D eigenvalue weighted by atomic mass is 10.1. The van der Waals surface area contributed by atoms with Gasteiger partial charge in [-0.15, -0.1) is 0 Å². The summed E-state index contributed by atoms with van der Waals surface area (Å²) in [5, 5.41) is 5.34. The van der Waals surface area contributed by atoms with E-state index in [2.05, 4.69) is 5.32 Å². The molecule has 3 rings (SSSR count). The molecule has 0 aromatic heterocycles. The van der Waals surface area contributed by atoms with Gasteiger partial charge in [-0.25, -0.2) is 0 Å². The van der Waals surface area contributed by atoms with Gasteiger partial charge in [0.2, 0.25) is 5.91 Å². The molecule has 0 heterocycles. The second kappa shape index (κ2) is 9.83. The van der Waals surface area contributed by atoms with Gasteiger partial charge in [-0.2, -0.15) is 0 Å². The van der Waals surface area contributed by atoms with Crippen LogP contribution in [0.5, 0.6) is 5.75 Å². The van der Waals surface area contributed by atoms with E-state index in [0.717, 1.165) is 16.3 Å². The highest BCUT2D eigenvalue weighted by Gasteiger charge is 2.26. The van der Waals surface area contributed by atoms with Crippen LogP contribution in [0.1, 0.15) is 12.5 Å². The molecule has 0 fully saturated rings. The Morgan fingerprint density at radius 1 is 1.03 bits per heavy atom. The van der Waals surface area contributed by atoms with E-state index in [1.807, 2.05) is 42.5 Å². The number of likely N-dealkylation sites (N-methyl/N-ethyl adjacent to an activating group) is 1. The minimum absolute atomic E-state index is 0.198. The summed E-state index contributed by atoms with van der Waals surface area (Å²) < 4.78 is 5.84. The quantitative estimate of drug-likeness (QED) is 0.574. The standard InChI is InChI=1S/C23H22Cl2N2O3/c1-15(23(29)26-2)27(13-16-10-11-19(24)20(25)12-16)22(28)14-30-21-9-5-7-17-6-3-4-8-18(17)21/h3-12,15H,13-14H2,1-2H3,(H,26,29). The first-order chi connectivity index (χ1) is 14.4. The molecule has 30 heavy (non-hydrogen) atoms. The molecule has 0 saturated heterocycles. The SMILES string of the molecule is CNC(=O)C(C)N(Cc1ccc(Cl)c(Cl)c1)C(=O)COc1cccc2ccccc12. The van der Waals surface area contributed by atoms with Crippen molar-refractivity contribution in [2.24, 2.45) is 0 Å². The molecule has 0 aliphatic carbocycles. The molecule has 1 unspecified atom stereocenters. The Kier molecular flexibility index (Phi) is 7.19. The Balaban J connectivity index is 1.80. The van der Waals surface area contributed by atoms with Crippen molar-refractivity contribution in [2.75, 3.05) is 13.7 Å². The number of carbonyl (C=O) groups excluding carboxylic acids is 2. The van der Waals surface area contributed by atoms with Crippen LogP contribution in [-0.2, 0) is 16.1 Å². The first-order valence-electron chi connectivity index (χ1n) is 9.46. The number of hydrogen-bond acceptors (Lipinski definition) is 3. The van der Waals surface area contributed by atoms with Crippen LogP contribution in [0, 0.1) is 0 Å². The van der Waals surface area contributed by atoms with E-state index in [1.165, 1.54) is 11.9 Å². The van der Waals surface area contributed by atoms with E-state index in [1.54, 1.807) is 25.1 Å². The first kappa shape index (κ1) is 21.9. The first-order valence-corrected chi connectivity index (χ1v) is 10.2. The predicted octanol–water partition coefficient (Wildman–Crippen LogP) is 4.69. The number of nitrogens with zero attached hydrogens (tertiary/aromatic N) is 1. The van der Waals surface area contributed by atoms with Crippen LogP contribution >= 0.6 is 23.2 Å². The molecule has 3 aromatic rings. The second-order valence-corrected chi connectivity index (χ2v) is 7.64. The summed E-state index contributed by atoms with van der Waals surface area (Å²) >= 11 is 12.1. The van der Waals surface area contributed by atoms with Crippen molar-refractivity contribution in [3.05, 3.63) is 76.3 Å². The van der Waals surface area contributed by atoms with Crippen LogP contribution in [0.2, 0.25) is 10.0 Å². The fraction of sp³-hybridized carbons (Fsp3) is 0.217. The van der Waals surface area contributed by atoms with Gasteiger partial charge in [-0.1, -0.05) is 65.7 Å². The second-order valence-electron chi connectivity index (χ2n) is 6.83. The lowest BCUT2D eigenvalue weighted by Crippen LogP contribution is -2.48. The number of ether oxygens (including phenoxy) is 1. The Bertz CT molecular complexity index is 1070. The predicted molar refractivity (Wildman–Crippen MR) is 120 cm³/mol. The zero-order valence-corrected chi connectivity index (χ0v) is 18.2. The molecule has 1 atom stereocenters. The number of amides is 2. The number of benzene rings is 3. The number of halogens is 2.